The molecule has 1 aromatic carbocycles. The first-order chi connectivity index (χ1) is 13.9. The summed E-state index contributed by atoms with van der Waals surface area (Å²) in [5.41, 5.74) is 0. The van der Waals surface area contributed by atoms with Gasteiger partial charge in [-0.2, -0.15) is 4.31 Å². The fourth-order valence-corrected chi connectivity index (χ4v) is 5.45. The molecule has 1 aliphatic heterocycles. The van der Waals surface area contributed by atoms with E-state index in [1.54, 1.807) is 37.3 Å². The zero-order valence-corrected chi connectivity index (χ0v) is 17.7. The molecule has 0 bridgehead atoms. The molecule has 0 radical (unpaired) electrons. The van der Waals surface area contributed by atoms with Crippen LogP contribution in [-0.2, 0) is 24.3 Å². The van der Waals surface area contributed by atoms with Gasteiger partial charge in [0, 0.05) is 19.1 Å². The van der Waals surface area contributed by atoms with Gasteiger partial charge in [0.15, 0.2) is 6.10 Å². The minimum absolute atomic E-state index is 0.170. The summed E-state index contributed by atoms with van der Waals surface area (Å²) in [6.45, 7) is 2.12. The number of rotatable bonds is 6. The second-order valence-electron chi connectivity index (χ2n) is 7.91. The molecule has 1 aliphatic carbocycles. The molecule has 1 N–H and O–H groups in total. The molecule has 8 heteroatoms. The van der Waals surface area contributed by atoms with E-state index in [2.05, 4.69) is 5.32 Å². The summed E-state index contributed by atoms with van der Waals surface area (Å²) in [7, 11) is -3.55. The number of carbonyl (C=O) groups excluding carboxylic acids is 2. The van der Waals surface area contributed by atoms with Crippen molar-refractivity contribution in [3.05, 3.63) is 30.3 Å². The molecule has 0 spiro atoms. The van der Waals surface area contributed by atoms with Crippen LogP contribution in [0.2, 0.25) is 0 Å². The highest BCUT2D eigenvalue weighted by Crippen LogP contribution is 2.25. The van der Waals surface area contributed by atoms with Crippen molar-refractivity contribution in [3.8, 4) is 0 Å². The van der Waals surface area contributed by atoms with Crippen LogP contribution in [-0.4, -0.2) is 49.8 Å². The maximum Gasteiger partial charge on any atom is 0.309 e. The van der Waals surface area contributed by atoms with Crippen molar-refractivity contribution in [2.45, 2.75) is 68.9 Å². The molecule has 1 aromatic rings. The van der Waals surface area contributed by atoms with Crippen molar-refractivity contribution in [2.75, 3.05) is 13.1 Å². The van der Waals surface area contributed by atoms with Gasteiger partial charge in [0.2, 0.25) is 10.0 Å². The molecule has 1 atom stereocenters. The van der Waals surface area contributed by atoms with Crippen molar-refractivity contribution < 1.29 is 22.7 Å². The minimum atomic E-state index is -3.55. The zero-order valence-electron chi connectivity index (χ0n) is 16.9. The molecule has 1 heterocycles. The zero-order chi connectivity index (χ0) is 20.9. The quantitative estimate of drug-likeness (QED) is 0.711. The van der Waals surface area contributed by atoms with Crippen molar-refractivity contribution in [2.24, 2.45) is 5.92 Å². The van der Waals surface area contributed by atoms with Gasteiger partial charge in [-0.3, -0.25) is 9.59 Å². The second kappa shape index (κ2) is 9.71. The Labute approximate surface area is 172 Å². The average Bonchev–Trinajstić information content (AvgIpc) is 2.75. The van der Waals surface area contributed by atoms with Crippen molar-refractivity contribution in [1.82, 2.24) is 9.62 Å². The number of nitrogens with zero attached hydrogens (tertiary/aromatic N) is 1. The summed E-state index contributed by atoms with van der Waals surface area (Å²) >= 11 is 0. The number of esters is 1. The van der Waals surface area contributed by atoms with Gasteiger partial charge >= 0.3 is 5.97 Å². The van der Waals surface area contributed by atoms with E-state index >= 15 is 0 Å². The molecule has 160 valence electrons. The third kappa shape index (κ3) is 5.57. The van der Waals surface area contributed by atoms with Gasteiger partial charge in [0.1, 0.15) is 0 Å². The van der Waals surface area contributed by atoms with Crippen LogP contribution in [0.25, 0.3) is 0 Å². The summed E-state index contributed by atoms with van der Waals surface area (Å²) in [5, 5.41) is 2.97. The SMILES string of the molecule is C[C@H](OC(=O)C1CCN(S(=O)(=O)c2ccccc2)CC1)C(=O)NC1CCCCC1. The maximum absolute atomic E-state index is 12.7. The van der Waals surface area contributed by atoms with Crippen LogP contribution in [0.5, 0.6) is 0 Å². The molecule has 2 fully saturated rings. The molecule has 0 aromatic heterocycles. The molecule has 2 aliphatic rings. The number of hydrogen-bond acceptors (Lipinski definition) is 5. The predicted octanol–water partition coefficient (Wildman–Crippen LogP) is 2.47. The summed E-state index contributed by atoms with van der Waals surface area (Å²) in [5.74, 6) is -1.07. The third-order valence-corrected chi connectivity index (χ3v) is 7.69. The number of nitrogens with one attached hydrogen (secondary N) is 1. The molecule has 1 amide bonds. The topological polar surface area (TPSA) is 92.8 Å². The summed E-state index contributed by atoms with van der Waals surface area (Å²) in [6.07, 6.45) is 5.32. The third-order valence-electron chi connectivity index (χ3n) is 5.78. The first-order valence-corrected chi connectivity index (χ1v) is 11.9. The van der Waals surface area contributed by atoms with Crippen LogP contribution in [0.4, 0.5) is 0 Å². The monoisotopic (exact) mass is 422 g/mol. The van der Waals surface area contributed by atoms with Gasteiger partial charge in [-0.05, 0) is 44.7 Å². The van der Waals surface area contributed by atoms with Crippen molar-refractivity contribution in [3.63, 3.8) is 0 Å². The van der Waals surface area contributed by atoms with Crippen LogP contribution < -0.4 is 5.32 Å². The first-order valence-electron chi connectivity index (χ1n) is 10.4. The standard InChI is InChI=1S/C21H30N2O5S/c1-16(20(24)22-18-8-4-2-5-9-18)28-21(25)17-12-14-23(15-13-17)29(26,27)19-10-6-3-7-11-19/h3,6-7,10-11,16-18H,2,4-5,8-9,12-15H2,1H3,(H,22,24)/t16-/m0/s1. The summed E-state index contributed by atoms with van der Waals surface area (Å²) < 4.78 is 32.1. The Morgan fingerprint density at radius 1 is 1.03 bits per heavy atom. The number of sulfonamides is 1. The molecule has 29 heavy (non-hydrogen) atoms. The van der Waals surface area contributed by atoms with Crippen LogP contribution in [0.1, 0.15) is 51.9 Å². The van der Waals surface area contributed by atoms with E-state index < -0.39 is 22.1 Å². The lowest BCUT2D eigenvalue weighted by atomic mass is 9.95. The van der Waals surface area contributed by atoms with Crippen LogP contribution in [0.15, 0.2) is 35.2 Å². The van der Waals surface area contributed by atoms with Gasteiger partial charge in [-0.25, -0.2) is 8.42 Å². The number of carbonyl (C=O) groups is 2. The smallest absolute Gasteiger partial charge is 0.309 e. The summed E-state index contributed by atoms with van der Waals surface area (Å²) in [4.78, 5) is 25.0. The van der Waals surface area contributed by atoms with Crippen molar-refractivity contribution in [1.29, 1.82) is 0 Å². The van der Waals surface area contributed by atoms with E-state index in [0.717, 1.165) is 25.7 Å². The Hall–Kier alpha value is -1.93. The minimum Gasteiger partial charge on any atom is -0.452 e. The van der Waals surface area contributed by atoms with E-state index in [1.807, 2.05) is 0 Å². The molecule has 1 saturated carbocycles. The normalized spacial score (nSPS) is 20.7. The Bertz CT molecular complexity index is 798. The van der Waals surface area contributed by atoms with Gasteiger partial charge in [0.25, 0.3) is 5.91 Å². The Kier molecular flexibility index (Phi) is 7.29. The lowest BCUT2D eigenvalue weighted by Crippen LogP contribution is -2.44. The van der Waals surface area contributed by atoms with Gasteiger partial charge in [-0.1, -0.05) is 37.5 Å². The number of amides is 1. The van der Waals surface area contributed by atoms with Crippen LogP contribution in [0.3, 0.4) is 0 Å². The fourth-order valence-electron chi connectivity index (χ4n) is 3.96. The molecular weight excluding hydrogens is 392 g/mol. The molecule has 7 nitrogen and oxygen atoms in total. The van der Waals surface area contributed by atoms with E-state index in [9.17, 15) is 18.0 Å². The highest BCUT2D eigenvalue weighted by molar-refractivity contribution is 7.89. The predicted molar refractivity (Wildman–Crippen MR) is 108 cm³/mol. The van der Waals surface area contributed by atoms with E-state index in [1.165, 1.54) is 10.7 Å². The van der Waals surface area contributed by atoms with Gasteiger partial charge in [0.05, 0.1) is 10.8 Å². The Morgan fingerprint density at radius 2 is 1.66 bits per heavy atom. The van der Waals surface area contributed by atoms with Crippen LogP contribution in [0, 0.1) is 5.92 Å². The number of piperidine rings is 1. The highest BCUT2D eigenvalue weighted by Gasteiger charge is 2.34. The van der Waals surface area contributed by atoms with E-state index in [0.29, 0.717) is 12.8 Å². The Morgan fingerprint density at radius 3 is 2.28 bits per heavy atom. The number of hydrogen-bond donors (Lipinski definition) is 1. The molecular formula is C21H30N2O5S. The van der Waals surface area contributed by atoms with Gasteiger partial charge in [-0.15, -0.1) is 0 Å². The lowest BCUT2D eigenvalue weighted by molar-refractivity contribution is -0.160. The number of benzene rings is 1. The van der Waals surface area contributed by atoms with Crippen LogP contribution >= 0.6 is 0 Å². The summed E-state index contributed by atoms with van der Waals surface area (Å²) in [6, 6.07) is 8.47. The Balaban J connectivity index is 1.47. The molecule has 3 rings (SSSR count). The molecule has 0 unspecified atom stereocenters. The average molecular weight is 423 g/mol. The largest absolute Gasteiger partial charge is 0.452 e. The maximum atomic E-state index is 12.7. The van der Waals surface area contributed by atoms with Crippen molar-refractivity contribution >= 4 is 21.9 Å². The van der Waals surface area contributed by atoms with E-state index in [4.69, 9.17) is 4.74 Å². The molecule has 1 saturated heterocycles. The number of ether oxygens (including phenoxy) is 1. The lowest BCUT2D eigenvalue weighted by Gasteiger charge is -2.30. The van der Waals surface area contributed by atoms with Gasteiger partial charge < -0.3 is 10.1 Å². The highest BCUT2D eigenvalue weighted by atomic mass is 32.2. The van der Waals surface area contributed by atoms with E-state index in [-0.39, 0.29) is 35.9 Å². The second-order valence-corrected chi connectivity index (χ2v) is 9.85. The first kappa shape index (κ1) is 21.8. The fraction of sp³-hybridized carbons (Fsp3) is 0.619.